The van der Waals surface area contributed by atoms with Gasteiger partial charge in [0.1, 0.15) is 5.82 Å². The maximum Gasteiger partial charge on any atom is 0.217 e. The van der Waals surface area contributed by atoms with Gasteiger partial charge in [-0.3, -0.25) is 9.78 Å². The molecule has 0 spiro atoms. The smallest absolute Gasteiger partial charge is 0.217 e. The molecule has 0 radical (unpaired) electrons. The van der Waals surface area contributed by atoms with Crippen LogP contribution in [0, 0.1) is 0 Å². The minimum absolute atomic E-state index is 0.00229. The van der Waals surface area contributed by atoms with Crippen molar-refractivity contribution in [3.63, 3.8) is 0 Å². The number of benzene rings is 1. The molecule has 0 aliphatic carbocycles. The van der Waals surface area contributed by atoms with E-state index in [9.17, 15) is 4.79 Å². The number of carbonyl (C=O) groups is 1. The van der Waals surface area contributed by atoms with E-state index in [-0.39, 0.29) is 5.78 Å². The number of hydrogen-bond donors (Lipinski definition) is 1. The lowest BCUT2D eigenvalue weighted by Crippen LogP contribution is -2.09. The molecule has 0 bridgehead atoms. The average molecular weight is 431 g/mol. The van der Waals surface area contributed by atoms with Gasteiger partial charge in [-0.05, 0) is 34.9 Å². The lowest BCUT2D eigenvalue weighted by atomic mass is 10.00. The number of pyridine rings is 1. The minimum atomic E-state index is -0.00229. The van der Waals surface area contributed by atoms with Gasteiger partial charge in [0.05, 0.1) is 12.2 Å². The Balaban J connectivity index is 1.71. The third-order valence-electron chi connectivity index (χ3n) is 5.22. The van der Waals surface area contributed by atoms with E-state index < -0.39 is 0 Å². The number of nitrogens with zero attached hydrogens (tertiary/aromatic N) is 7. The van der Waals surface area contributed by atoms with Crippen LogP contribution in [0.1, 0.15) is 61.5 Å². The molecule has 1 N–H and O–H groups in total. The van der Waals surface area contributed by atoms with Crippen molar-refractivity contribution >= 4 is 5.78 Å². The number of ketones is 1. The number of carbonyl (C=O) groups excluding carboxylic acids is 1. The van der Waals surface area contributed by atoms with Crippen molar-refractivity contribution in [1.82, 2.24) is 40.4 Å². The van der Waals surface area contributed by atoms with Crippen molar-refractivity contribution in [2.45, 2.75) is 52.5 Å². The van der Waals surface area contributed by atoms with Crippen molar-refractivity contribution in [3.05, 3.63) is 59.8 Å². The SMILES string of the molecule is CCCCC(=O)c1nc(CCC)n(Cc2cccnc2-c2ccccc2-c2nnn[nH]2)n1. The largest absolute Gasteiger partial charge is 0.291 e. The molecule has 0 atom stereocenters. The Morgan fingerprint density at radius 3 is 2.66 bits per heavy atom. The summed E-state index contributed by atoms with van der Waals surface area (Å²) in [6, 6.07) is 11.8. The summed E-state index contributed by atoms with van der Waals surface area (Å²) in [5, 5.41) is 18.9. The van der Waals surface area contributed by atoms with Crippen LogP contribution in [0.3, 0.4) is 0 Å². The molecule has 0 aliphatic rings. The molecular weight excluding hydrogens is 404 g/mol. The average Bonchev–Trinajstić information content (AvgIpc) is 3.49. The number of unbranched alkanes of at least 4 members (excludes halogenated alkanes) is 1. The summed E-state index contributed by atoms with van der Waals surface area (Å²) in [6.07, 6.45) is 5.72. The molecule has 0 saturated carbocycles. The molecular formula is C23H26N8O. The third kappa shape index (κ3) is 4.61. The Bertz CT molecular complexity index is 1180. The quantitative estimate of drug-likeness (QED) is 0.379. The summed E-state index contributed by atoms with van der Waals surface area (Å²) in [7, 11) is 0. The summed E-state index contributed by atoms with van der Waals surface area (Å²) in [5.41, 5.74) is 3.57. The normalized spacial score (nSPS) is 11.1. The predicted molar refractivity (Wildman–Crippen MR) is 120 cm³/mol. The first-order valence-corrected chi connectivity index (χ1v) is 11.0. The van der Waals surface area contributed by atoms with Crippen LogP contribution in [0.5, 0.6) is 0 Å². The van der Waals surface area contributed by atoms with Gasteiger partial charge in [-0.1, -0.05) is 50.6 Å². The van der Waals surface area contributed by atoms with Gasteiger partial charge >= 0.3 is 0 Å². The van der Waals surface area contributed by atoms with Crippen LogP contribution in [0.4, 0.5) is 0 Å². The van der Waals surface area contributed by atoms with E-state index in [2.05, 4.69) is 49.5 Å². The number of hydrogen-bond acceptors (Lipinski definition) is 7. The topological polar surface area (TPSA) is 115 Å². The van der Waals surface area contributed by atoms with Gasteiger partial charge in [0, 0.05) is 30.2 Å². The first kappa shape index (κ1) is 21.5. The summed E-state index contributed by atoms with van der Waals surface area (Å²) >= 11 is 0. The zero-order chi connectivity index (χ0) is 22.3. The molecule has 3 aromatic heterocycles. The Kier molecular flexibility index (Phi) is 6.74. The van der Waals surface area contributed by atoms with Crippen LogP contribution >= 0.6 is 0 Å². The van der Waals surface area contributed by atoms with Crippen LogP contribution in [0.2, 0.25) is 0 Å². The van der Waals surface area contributed by atoms with Crippen LogP contribution in [0.25, 0.3) is 22.6 Å². The van der Waals surface area contributed by atoms with Gasteiger partial charge in [0.2, 0.25) is 11.6 Å². The standard InChI is InChI=1S/C23H26N8O/c1-3-5-13-19(32)23-25-20(9-4-2)31(28-23)15-16-10-8-14-24-21(16)17-11-6-7-12-18(17)22-26-29-30-27-22/h6-8,10-12,14H,3-5,9,13,15H2,1-2H3,(H,26,27,29,30). The summed E-state index contributed by atoms with van der Waals surface area (Å²) in [5.74, 6) is 1.70. The van der Waals surface area contributed by atoms with E-state index in [4.69, 9.17) is 0 Å². The Labute approximate surface area is 186 Å². The van der Waals surface area contributed by atoms with Crippen molar-refractivity contribution < 1.29 is 4.79 Å². The van der Waals surface area contributed by atoms with Crippen molar-refractivity contribution in [2.75, 3.05) is 0 Å². The highest BCUT2D eigenvalue weighted by Crippen LogP contribution is 2.30. The van der Waals surface area contributed by atoms with Gasteiger partial charge in [-0.15, -0.1) is 10.2 Å². The maximum absolute atomic E-state index is 12.5. The first-order valence-electron chi connectivity index (χ1n) is 11.0. The second-order valence-electron chi connectivity index (χ2n) is 7.59. The van der Waals surface area contributed by atoms with Gasteiger partial charge in [-0.2, -0.15) is 0 Å². The maximum atomic E-state index is 12.5. The number of rotatable bonds is 10. The highest BCUT2D eigenvalue weighted by Gasteiger charge is 2.19. The first-order chi connectivity index (χ1) is 15.7. The van der Waals surface area contributed by atoms with Crippen LogP contribution in [-0.4, -0.2) is 46.2 Å². The second kappa shape index (κ2) is 10.0. The second-order valence-corrected chi connectivity index (χ2v) is 7.59. The van der Waals surface area contributed by atoms with Crippen molar-refractivity contribution in [3.8, 4) is 22.6 Å². The van der Waals surface area contributed by atoms with Crippen LogP contribution in [-0.2, 0) is 13.0 Å². The Morgan fingerprint density at radius 1 is 1.06 bits per heavy atom. The van der Waals surface area contributed by atoms with E-state index in [0.29, 0.717) is 24.6 Å². The van der Waals surface area contributed by atoms with Gasteiger partial charge in [0.15, 0.2) is 5.82 Å². The molecule has 4 rings (SSSR count). The molecule has 9 nitrogen and oxygen atoms in total. The number of H-pyrrole nitrogens is 1. The fourth-order valence-corrected chi connectivity index (χ4v) is 3.62. The number of Topliss-reactive ketones (excluding diaryl/α,β-unsaturated/α-hetero) is 1. The van der Waals surface area contributed by atoms with Crippen LogP contribution < -0.4 is 0 Å². The third-order valence-corrected chi connectivity index (χ3v) is 5.22. The molecule has 4 aromatic rings. The van der Waals surface area contributed by atoms with Crippen molar-refractivity contribution in [1.29, 1.82) is 0 Å². The Hall–Kier alpha value is -3.75. The number of aromatic amines is 1. The molecule has 0 fully saturated rings. The number of nitrogens with one attached hydrogen (secondary N) is 1. The molecule has 1 aromatic carbocycles. The predicted octanol–water partition coefficient (Wildman–Crippen LogP) is 3.89. The monoisotopic (exact) mass is 430 g/mol. The minimum Gasteiger partial charge on any atom is -0.291 e. The van der Waals surface area contributed by atoms with Crippen LogP contribution in [0.15, 0.2) is 42.6 Å². The molecule has 0 unspecified atom stereocenters. The highest BCUT2D eigenvalue weighted by atomic mass is 16.1. The number of aromatic nitrogens is 8. The van der Waals surface area contributed by atoms with E-state index in [1.54, 1.807) is 6.20 Å². The fraction of sp³-hybridized carbons (Fsp3) is 0.348. The lowest BCUT2D eigenvalue weighted by molar-refractivity contribution is 0.0969. The Morgan fingerprint density at radius 2 is 1.91 bits per heavy atom. The molecule has 0 saturated heterocycles. The zero-order valence-electron chi connectivity index (χ0n) is 18.3. The summed E-state index contributed by atoms with van der Waals surface area (Å²) in [6.45, 7) is 4.63. The van der Waals surface area contributed by atoms with Crippen molar-refractivity contribution in [2.24, 2.45) is 0 Å². The van der Waals surface area contributed by atoms with Gasteiger partial charge in [-0.25, -0.2) is 14.8 Å². The number of tetrazole rings is 1. The molecule has 0 aliphatic heterocycles. The number of aryl methyl sites for hydroxylation is 1. The fourth-order valence-electron chi connectivity index (χ4n) is 3.62. The van der Waals surface area contributed by atoms with Gasteiger partial charge in [0.25, 0.3) is 0 Å². The summed E-state index contributed by atoms with van der Waals surface area (Å²) in [4.78, 5) is 21.7. The van der Waals surface area contributed by atoms with E-state index in [1.807, 2.05) is 41.1 Å². The zero-order valence-corrected chi connectivity index (χ0v) is 18.3. The molecule has 32 heavy (non-hydrogen) atoms. The summed E-state index contributed by atoms with van der Waals surface area (Å²) < 4.78 is 1.84. The molecule has 9 heteroatoms. The van der Waals surface area contributed by atoms with Gasteiger partial charge < -0.3 is 0 Å². The van der Waals surface area contributed by atoms with E-state index in [0.717, 1.165) is 53.9 Å². The highest BCUT2D eigenvalue weighted by molar-refractivity contribution is 5.92. The lowest BCUT2D eigenvalue weighted by Gasteiger charge is -2.12. The molecule has 3 heterocycles. The van der Waals surface area contributed by atoms with E-state index >= 15 is 0 Å². The van der Waals surface area contributed by atoms with E-state index in [1.165, 1.54) is 0 Å². The molecule has 0 amide bonds. The molecule has 164 valence electrons.